The molecule has 180 valence electrons. The minimum absolute atomic E-state index is 0.333. The number of rotatable bonds is 5. The van der Waals surface area contributed by atoms with Gasteiger partial charge in [-0.05, 0) is 50.2 Å². The topological polar surface area (TPSA) is 50.8 Å². The molecular weight excluding hydrogens is 455 g/mol. The Bertz CT molecular complexity index is 1500. The summed E-state index contributed by atoms with van der Waals surface area (Å²) in [5, 5.41) is 3.30. The summed E-state index contributed by atoms with van der Waals surface area (Å²) in [6.07, 6.45) is 0. The molecule has 4 aromatic rings. The highest BCUT2D eigenvalue weighted by atomic mass is 19.1. The van der Waals surface area contributed by atoms with Gasteiger partial charge >= 0.3 is 5.97 Å². The van der Waals surface area contributed by atoms with Crippen LogP contribution in [0.1, 0.15) is 40.9 Å². The van der Waals surface area contributed by atoms with Gasteiger partial charge in [-0.3, -0.25) is 0 Å². The Morgan fingerprint density at radius 1 is 0.806 bits per heavy atom. The minimum atomic E-state index is -1.23. The van der Waals surface area contributed by atoms with Crippen LogP contribution >= 0.6 is 0 Å². The third-order valence-corrected chi connectivity index (χ3v) is 6.99. The van der Waals surface area contributed by atoms with Crippen molar-refractivity contribution in [1.29, 1.82) is 0 Å². The second-order valence-electron chi connectivity index (χ2n) is 8.83. The van der Waals surface area contributed by atoms with E-state index in [-0.39, 0.29) is 5.82 Å². The predicted octanol–water partition coefficient (Wildman–Crippen LogP) is 6.98. The number of halogens is 1. The Hall–Kier alpha value is -4.32. The lowest BCUT2D eigenvalue weighted by atomic mass is 9.77. The fraction of sp³-hybridized carbons (Fsp3) is 0.167. The average molecular weight is 481 g/mol. The second kappa shape index (κ2) is 8.41. The van der Waals surface area contributed by atoms with Gasteiger partial charge in [-0.2, -0.15) is 0 Å². The largest absolute Gasteiger partial charge is 0.456 e. The van der Waals surface area contributed by atoms with E-state index < -0.39 is 11.6 Å². The molecule has 6 rings (SSSR count). The Labute approximate surface area is 209 Å². The number of ether oxygens (including phenoxy) is 2. The van der Waals surface area contributed by atoms with Crippen molar-refractivity contribution in [2.45, 2.75) is 19.4 Å². The Morgan fingerprint density at radius 3 is 2.28 bits per heavy atom. The van der Waals surface area contributed by atoms with Crippen molar-refractivity contribution >= 4 is 23.0 Å². The lowest BCUT2D eigenvalue weighted by Crippen LogP contribution is -2.33. The molecule has 1 atom stereocenters. The molecule has 2 aliphatic rings. The van der Waals surface area contributed by atoms with Crippen LogP contribution in [0.4, 0.5) is 21.5 Å². The van der Waals surface area contributed by atoms with Gasteiger partial charge in [0.05, 0.1) is 28.2 Å². The highest BCUT2D eigenvalue weighted by Crippen LogP contribution is 2.58. The molecule has 36 heavy (non-hydrogen) atoms. The van der Waals surface area contributed by atoms with Crippen molar-refractivity contribution in [2.24, 2.45) is 0 Å². The summed E-state index contributed by atoms with van der Waals surface area (Å²) in [5.41, 5.74) is 2.83. The smallest absolute Gasteiger partial charge is 0.340 e. The number of nitrogens with one attached hydrogen (secondary N) is 1. The maximum Gasteiger partial charge on any atom is 0.340 e. The standard InChI is InChI=1S/C30H25FN2O3/c1-3-33(4-2)24-16-9-15-23(28(24)31)32-22-14-10-18-26-27(22)30(21-13-7-8-17-25(21)35-26)20-12-6-5-11-19(20)29(34)36-30/h5-18,32H,3-4H2,1-2H3. The van der Waals surface area contributed by atoms with Crippen molar-refractivity contribution in [3.63, 3.8) is 0 Å². The fourth-order valence-electron chi connectivity index (χ4n) is 5.36. The zero-order valence-electron chi connectivity index (χ0n) is 20.0. The summed E-state index contributed by atoms with van der Waals surface area (Å²) in [6.45, 7) is 5.39. The number of esters is 1. The van der Waals surface area contributed by atoms with Crippen LogP contribution < -0.4 is 15.0 Å². The van der Waals surface area contributed by atoms with Crippen molar-refractivity contribution in [2.75, 3.05) is 23.3 Å². The number of nitrogens with zero attached hydrogens (tertiary/aromatic N) is 1. The Balaban J connectivity index is 1.57. The van der Waals surface area contributed by atoms with Crippen molar-refractivity contribution in [3.05, 3.63) is 113 Å². The van der Waals surface area contributed by atoms with Crippen molar-refractivity contribution < 1.29 is 18.7 Å². The van der Waals surface area contributed by atoms with Crippen LogP contribution in [0, 0.1) is 5.82 Å². The van der Waals surface area contributed by atoms with E-state index in [0.29, 0.717) is 52.8 Å². The molecule has 0 fully saturated rings. The van der Waals surface area contributed by atoms with Gasteiger partial charge in [0.15, 0.2) is 11.4 Å². The first-order valence-corrected chi connectivity index (χ1v) is 12.1. The van der Waals surface area contributed by atoms with E-state index in [1.807, 2.05) is 85.5 Å². The van der Waals surface area contributed by atoms with Crippen molar-refractivity contribution in [3.8, 4) is 11.5 Å². The summed E-state index contributed by atoms with van der Waals surface area (Å²) in [6, 6.07) is 25.8. The first kappa shape index (κ1) is 22.2. The first-order chi connectivity index (χ1) is 17.6. The number of carbonyl (C=O) groups excluding carboxylic acids is 1. The quantitative estimate of drug-likeness (QED) is 0.312. The molecule has 0 saturated carbocycles. The number of hydrogen-bond acceptors (Lipinski definition) is 5. The molecule has 0 aromatic heterocycles. The molecule has 0 bridgehead atoms. The van der Waals surface area contributed by atoms with Crippen molar-refractivity contribution in [1.82, 2.24) is 0 Å². The van der Waals surface area contributed by atoms with Gasteiger partial charge in [0, 0.05) is 24.2 Å². The number of para-hydroxylation sites is 1. The van der Waals surface area contributed by atoms with Gasteiger partial charge in [0.2, 0.25) is 0 Å². The third-order valence-electron chi connectivity index (χ3n) is 6.99. The van der Waals surface area contributed by atoms with Crippen LogP contribution in [0.25, 0.3) is 0 Å². The first-order valence-electron chi connectivity index (χ1n) is 12.1. The molecule has 6 heteroatoms. The summed E-state index contributed by atoms with van der Waals surface area (Å²) in [5.74, 6) is 0.413. The molecule has 2 aliphatic heterocycles. The fourth-order valence-corrected chi connectivity index (χ4v) is 5.36. The summed E-state index contributed by atoms with van der Waals surface area (Å²) >= 11 is 0. The van der Waals surface area contributed by atoms with Crippen LogP contribution in [0.3, 0.4) is 0 Å². The Morgan fingerprint density at radius 2 is 1.47 bits per heavy atom. The average Bonchev–Trinajstić information content (AvgIpc) is 3.19. The normalized spacial score (nSPS) is 17.0. The van der Waals surface area contributed by atoms with Crippen LogP contribution in [0.15, 0.2) is 84.9 Å². The van der Waals surface area contributed by atoms with Crippen LogP contribution in [-0.4, -0.2) is 19.1 Å². The van der Waals surface area contributed by atoms with Gasteiger partial charge < -0.3 is 19.7 Å². The Kier molecular flexibility index (Phi) is 5.18. The minimum Gasteiger partial charge on any atom is -0.456 e. The highest BCUT2D eigenvalue weighted by Gasteiger charge is 2.54. The van der Waals surface area contributed by atoms with E-state index in [1.165, 1.54) is 0 Å². The summed E-state index contributed by atoms with van der Waals surface area (Å²) in [4.78, 5) is 15.1. The number of anilines is 3. The molecule has 4 aromatic carbocycles. The van der Waals surface area contributed by atoms with Gasteiger partial charge in [0.25, 0.3) is 0 Å². The van der Waals surface area contributed by atoms with E-state index >= 15 is 4.39 Å². The summed E-state index contributed by atoms with van der Waals surface area (Å²) in [7, 11) is 0. The maximum absolute atomic E-state index is 15.7. The molecule has 1 N–H and O–H groups in total. The predicted molar refractivity (Wildman–Crippen MR) is 138 cm³/mol. The van der Waals surface area contributed by atoms with E-state index in [9.17, 15) is 4.79 Å². The van der Waals surface area contributed by atoms with Crippen LogP contribution in [-0.2, 0) is 10.3 Å². The number of benzene rings is 4. The SMILES string of the molecule is CCN(CC)c1cccc(Nc2cccc3c2C2(OC(=O)c4ccccc42)c2ccccc2O3)c1F. The van der Waals surface area contributed by atoms with Gasteiger partial charge in [-0.1, -0.05) is 48.5 Å². The molecule has 0 radical (unpaired) electrons. The van der Waals surface area contributed by atoms with Gasteiger partial charge in [-0.25, -0.2) is 9.18 Å². The molecule has 1 spiro atoms. The van der Waals surface area contributed by atoms with Crippen LogP contribution in [0.2, 0.25) is 0 Å². The number of fused-ring (bicyclic) bond motifs is 6. The number of carbonyl (C=O) groups is 1. The van der Waals surface area contributed by atoms with Gasteiger partial charge in [0.1, 0.15) is 11.5 Å². The third kappa shape index (κ3) is 3.10. The molecule has 0 saturated heterocycles. The maximum atomic E-state index is 15.7. The highest BCUT2D eigenvalue weighted by molar-refractivity contribution is 5.97. The monoisotopic (exact) mass is 480 g/mol. The molecule has 0 amide bonds. The zero-order valence-corrected chi connectivity index (χ0v) is 20.0. The number of hydrogen-bond donors (Lipinski definition) is 1. The molecule has 1 unspecified atom stereocenters. The van der Waals surface area contributed by atoms with E-state index in [0.717, 1.165) is 11.1 Å². The molecule has 5 nitrogen and oxygen atoms in total. The lowest BCUT2D eigenvalue weighted by Gasteiger charge is -2.37. The lowest BCUT2D eigenvalue weighted by molar-refractivity contribution is 0.0227. The van der Waals surface area contributed by atoms with Gasteiger partial charge in [-0.15, -0.1) is 0 Å². The van der Waals surface area contributed by atoms with E-state index in [2.05, 4.69) is 5.32 Å². The zero-order chi connectivity index (χ0) is 24.9. The molecule has 2 heterocycles. The molecule has 0 aliphatic carbocycles. The van der Waals surface area contributed by atoms with E-state index in [1.54, 1.807) is 18.2 Å². The summed E-state index contributed by atoms with van der Waals surface area (Å²) < 4.78 is 28.2. The molecular formula is C30H25FN2O3. The van der Waals surface area contributed by atoms with E-state index in [4.69, 9.17) is 9.47 Å². The van der Waals surface area contributed by atoms with Crippen LogP contribution in [0.5, 0.6) is 11.5 Å². The second-order valence-corrected chi connectivity index (χ2v) is 8.83.